The zero-order valence-corrected chi connectivity index (χ0v) is 12.0. The van der Waals surface area contributed by atoms with Gasteiger partial charge in [-0.1, -0.05) is 50.2 Å². The van der Waals surface area contributed by atoms with Crippen LogP contribution in [0.2, 0.25) is 0 Å². The summed E-state index contributed by atoms with van der Waals surface area (Å²) in [4.78, 5) is 0. The van der Waals surface area contributed by atoms with Crippen LogP contribution >= 0.6 is 11.6 Å². The van der Waals surface area contributed by atoms with E-state index in [1.165, 1.54) is 17.7 Å². The van der Waals surface area contributed by atoms with Crippen molar-refractivity contribution in [2.24, 2.45) is 0 Å². The number of rotatable bonds is 4. The van der Waals surface area contributed by atoms with Crippen molar-refractivity contribution >= 4 is 11.6 Å². The minimum absolute atomic E-state index is 0.0772. The molecule has 2 heteroatoms. The van der Waals surface area contributed by atoms with E-state index in [9.17, 15) is 4.39 Å². The predicted octanol–water partition coefficient (Wildman–Crippen LogP) is 5.47. The molecule has 0 nitrogen and oxygen atoms in total. The third-order valence-corrected chi connectivity index (χ3v) is 3.70. The van der Waals surface area contributed by atoms with E-state index in [1.807, 2.05) is 0 Å². The van der Waals surface area contributed by atoms with Gasteiger partial charge in [-0.05, 0) is 41.2 Å². The third-order valence-electron chi connectivity index (χ3n) is 3.29. The highest BCUT2D eigenvalue weighted by Gasteiger charge is 2.09. The summed E-state index contributed by atoms with van der Waals surface area (Å²) in [5, 5.41) is -0.0772. The van der Waals surface area contributed by atoms with Crippen molar-refractivity contribution in [3.8, 4) is 0 Å². The average Bonchev–Trinajstić information content (AvgIpc) is 2.41. The number of alkyl halides is 1. The fourth-order valence-corrected chi connectivity index (χ4v) is 2.36. The summed E-state index contributed by atoms with van der Waals surface area (Å²) < 4.78 is 12.8. The van der Waals surface area contributed by atoms with E-state index in [1.54, 1.807) is 12.1 Å². The van der Waals surface area contributed by atoms with E-state index in [0.717, 1.165) is 11.1 Å². The minimum Gasteiger partial charge on any atom is -0.207 e. The van der Waals surface area contributed by atoms with Crippen molar-refractivity contribution < 1.29 is 4.39 Å². The predicted molar refractivity (Wildman–Crippen MR) is 79.2 cm³/mol. The molecule has 0 heterocycles. The van der Waals surface area contributed by atoms with Crippen molar-refractivity contribution in [1.29, 1.82) is 0 Å². The van der Waals surface area contributed by atoms with Gasteiger partial charge in [-0.15, -0.1) is 11.6 Å². The molecule has 0 bridgehead atoms. The molecule has 0 saturated carbocycles. The molecule has 0 aromatic heterocycles. The molecule has 0 saturated heterocycles. The van der Waals surface area contributed by atoms with Crippen molar-refractivity contribution in [2.75, 3.05) is 0 Å². The van der Waals surface area contributed by atoms with Gasteiger partial charge in [0.25, 0.3) is 0 Å². The van der Waals surface area contributed by atoms with Crippen LogP contribution in [0.4, 0.5) is 4.39 Å². The molecule has 1 atom stereocenters. The molecule has 0 radical (unpaired) electrons. The molecule has 100 valence electrons. The van der Waals surface area contributed by atoms with Crippen molar-refractivity contribution in [3.05, 3.63) is 71.0 Å². The van der Waals surface area contributed by atoms with Gasteiger partial charge in [0.05, 0.1) is 5.38 Å². The van der Waals surface area contributed by atoms with Crippen molar-refractivity contribution in [1.82, 2.24) is 0 Å². The first-order valence-electron chi connectivity index (χ1n) is 6.54. The van der Waals surface area contributed by atoms with Gasteiger partial charge in [-0.2, -0.15) is 0 Å². The summed E-state index contributed by atoms with van der Waals surface area (Å²) in [5.41, 5.74) is 3.47. The van der Waals surface area contributed by atoms with Crippen LogP contribution < -0.4 is 0 Å². The second-order valence-corrected chi connectivity index (χ2v) is 5.65. The largest absolute Gasteiger partial charge is 0.207 e. The summed E-state index contributed by atoms with van der Waals surface area (Å²) >= 11 is 6.42. The van der Waals surface area contributed by atoms with Crippen LogP contribution in [0.3, 0.4) is 0 Å². The van der Waals surface area contributed by atoms with Crippen molar-refractivity contribution in [3.63, 3.8) is 0 Å². The van der Waals surface area contributed by atoms with Gasteiger partial charge in [-0.3, -0.25) is 0 Å². The van der Waals surface area contributed by atoms with Crippen LogP contribution in [-0.2, 0) is 6.42 Å². The number of hydrogen-bond donors (Lipinski definition) is 0. The quantitative estimate of drug-likeness (QED) is 0.650. The van der Waals surface area contributed by atoms with Crippen LogP contribution in [0.25, 0.3) is 0 Å². The molecule has 0 aliphatic carbocycles. The molecule has 2 rings (SSSR count). The molecular formula is C17H18ClF. The first-order valence-corrected chi connectivity index (χ1v) is 6.98. The van der Waals surface area contributed by atoms with Gasteiger partial charge in [0, 0.05) is 0 Å². The zero-order chi connectivity index (χ0) is 13.8. The van der Waals surface area contributed by atoms with E-state index >= 15 is 0 Å². The lowest BCUT2D eigenvalue weighted by atomic mass is 9.98. The highest BCUT2D eigenvalue weighted by molar-refractivity contribution is 6.20. The Morgan fingerprint density at radius 2 is 1.42 bits per heavy atom. The maximum atomic E-state index is 12.8. The fraction of sp³-hybridized carbons (Fsp3) is 0.294. The Labute approximate surface area is 119 Å². The Hall–Kier alpha value is -1.34. The molecule has 2 aromatic carbocycles. The van der Waals surface area contributed by atoms with E-state index < -0.39 is 0 Å². The lowest BCUT2D eigenvalue weighted by Crippen LogP contribution is -1.97. The topological polar surface area (TPSA) is 0 Å². The van der Waals surface area contributed by atoms with E-state index in [-0.39, 0.29) is 11.2 Å². The molecule has 0 aliphatic rings. The molecule has 0 amide bonds. The van der Waals surface area contributed by atoms with E-state index in [4.69, 9.17) is 11.6 Å². The lowest BCUT2D eigenvalue weighted by Gasteiger charge is -2.12. The first-order chi connectivity index (χ1) is 9.06. The van der Waals surface area contributed by atoms with Crippen LogP contribution in [-0.4, -0.2) is 0 Å². The zero-order valence-electron chi connectivity index (χ0n) is 11.2. The Bertz CT molecular complexity index is 514. The smallest absolute Gasteiger partial charge is 0.123 e. The van der Waals surface area contributed by atoms with Crippen LogP contribution in [0, 0.1) is 5.82 Å². The fourth-order valence-electron chi connectivity index (χ4n) is 2.04. The van der Waals surface area contributed by atoms with Gasteiger partial charge in [0.2, 0.25) is 0 Å². The van der Waals surface area contributed by atoms with Gasteiger partial charge in [-0.25, -0.2) is 4.39 Å². The molecule has 2 aromatic rings. The highest BCUT2D eigenvalue weighted by Crippen LogP contribution is 2.26. The molecule has 0 N–H and O–H groups in total. The summed E-state index contributed by atoms with van der Waals surface area (Å²) in [6.45, 7) is 4.34. The third kappa shape index (κ3) is 3.81. The number of benzene rings is 2. The standard InChI is InChI=1S/C17H18ClF/c1-12(2)14-5-7-15(8-6-14)17(18)11-13-3-9-16(19)10-4-13/h3-10,12,17H,11H2,1-2H3. The Balaban J connectivity index is 2.07. The molecule has 0 aliphatic heterocycles. The van der Waals surface area contributed by atoms with E-state index in [2.05, 4.69) is 38.1 Å². The Kier molecular flexibility index (Phi) is 4.60. The summed E-state index contributed by atoms with van der Waals surface area (Å²) in [5.74, 6) is 0.316. The SMILES string of the molecule is CC(C)c1ccc(C(Cl)Cc2ccc(F)cc2)cc1. The Morgan fingerprint density at radius 3 is 1.95 bits per heavy atom. The number of halogens is 2. The van der Waals surface area contributed by atoms with Crippen LogP contribution in [0.15, 0.2) is 48.5 Å². The lowest BCUT2D eigenvalue weighted by molar-refractivity contribution is 0.627. The molecular weight excluding hydrogens is 259 g/mol. The molecule has 19 heavy (non-hydrogen) atoms. The monoisotopic (exact) mass is 276 g/mol. The van der Waals surface area contributed by atoms with Crippen LogP contribution in [0.1, 0.15) is 41.8 Å². The van der Waals surface area contributed by atoms with Gasteiger partial charge < -0.3 is 0 Å². The second kappa shape index (κ2) is 6.21. The minimum atomic E-state index is -0.212. The van der Waals surface area contributed by atoms with E-state index in [0.29, 0.717) is 12.3 Å². The van der Waals surface area contributed by atoms with Gasteiger partial charge in [0.1, 0.15) is 5.82 Å². The molecule has 1 unspecified atom stereocenters. The summed E-state index contributed by atoms with van der Waals surface area (Å²) in [6.07, 6.45) is 0.711. The maximum absolute atomic E-state index is 12.8. The van der Waals surface area contributed by atoms with Gasteiger partial charge >= 0.3 is 0 Å². The summed E-state index contributed by atoms with van der Waals surface area (Å²) in [6, 6.07) is 14.9. The Morgan fingerprint density at radius 1 is 0.895 bits per heavy atom. The first kappa shape index (κ1) is 14.1. The average molecular weight is 277 g/mol. The number of hydrogen-bond acceptors (Lipinski definition) is 0. The molecule has 0 spiro atoms. The van der Waals surface area contributed by atoms with Crippen molar-refractivity contribution in [2.45, 2.75) is 31.6 Å². The summed E-state index contributed by atoms with van der Waals surface area (Å²) in [7, 11) is 0. The van der Waals surface area contributed by atoms with Gasteiger partial charge in [0.15, 0.2) is 0 Å². The normalized spacial score (nSPS) is 12.7. The molecule has 0 fully saturated rings. The highest BCUT2D eigenvalue weighted by atomic mass is 35.5. The maximum Gasteiger partial charge on any atom is 0.123 e. The second-order valence-electron chi connectivity index (χ2n) is 5.12. The van der Waals surface area contributed by atoms with Crippen LogP contribution in [0.5, 0.6) is 0 Å².